The van der Waals surface area contributed by atoms with Crippen LogP contribution in [0.1, 0.15) is 0 Å². The van der Waals surface area contributed by atoms with Gasteiger partial charge in [-0.1, -0.05) is 18.2 Å². The van der Waals surface area contributed by atoms with E-state index in [1.807, 2.05) is 4.90 Å². The topological polar surface area (TPSA) is 122 Å². The van der Waals surface area contributed by atoms with E-state index < -0.39 is 14.9 Å². The molecular formula is C19H22N4O6S. The molecule has 1 saturated heterocycles. The molecule has 3 rings (SSSR count). The standard InChI is InChI=1S/C19H22N4O6S/c1-29-18-8-3-2-7-17(18)20-19(24)14-21-9-11-22(12-10-21)30(27,28)16-6-4-5-15(13-16)23(25)26/h2-8,13H,9-12,14H2,1H3,(H,20,24). The summed E-state index contributed by atoms with van der Waals surface area (Å²) >= 11 is 0. The van der Waals surface area contributed by atoms with Crippen LogP contribution in [0.2, 0.25) is 0 Å². The number of sulfonamides is 1. The van der Waals surface area contributed by atoms with Crippen molar-refractivity contribution in [2.75, 3.05) is 45.2 Å². The Bertz CT molecular complexity index is 1030. The number of ether oxygens (including phenoxy) is 1. The first kappa shape index (κ1) is 21.7. The fraction of sp³-hybridized carbons (Fsp3) is 0.316. The highest BCUT2D eigenvalue weighted by atomic mass is 32.2. The molecule has 0 bridgehead atoms. The smallest absolute Gasteiger partial charge is 0.270 e. The number of hydrogen-bond donors (Lipinski definition) is 1. The molecule has 0 atom stereocenters. The largest absolute Gasteiger partial charge is 0.495 e. The van der Waals surface area contributed by atoms with Crippen LogP contribution in [0.15, 0.2) is 53.4 Å². The Hall–Kier alpha value is -3.02. The second-order valence-electron chi connectivity index (χ2n) is 6.68. The zero-order chi connectivity index (χ0) is 21.7. The molecule has 0 spiro atoms. The molecule has 1 aliphatic heterocycles. The Morgan fingerprint density at radius 1 is 1.13 bits per heavy atom. The van der Waals surface area contributed by atoms with Gasteiger partial charge in [0.15, 0.2) is 0 Å². The second-order valence-corrected chi connectivity index (χ2v) is 8.62. The van der Waals surface area contributed by atoms with Crippen molar-refractivity contribution < 1.29 is 22.9 Å². The van der Waals surface area contributed by atoms with Crippen LogP contribution >= 0.6 is 0 Å². The first-order valence-corrected chi connectivity index (χ1v) is 10.6. The molecule has 0 unspecified atom stereocenters. The van der Waals surface area contributed by atoms with Crippen molar-refractivity contribution >= 4 is 27.3 Å². The summed E-state index contributed by atoms with van der Waals surface area (Å²) in [6.07, 6.45) is 0. The van der Waals surface area contributed by atoms with Gasteiger partial charge in [0.05, 0.1) is 29.2 Å². The molecular weight excluding hydrogens is 412 g/mol. The zero-order valence-electron chi connectivity index (χ0n) is 16.4. The normalized spacial score (nSPS) is 15.5. The van der Waals surface area contributed by atoms with Crippen molar-refractivity contribution in [3.63, 3.8) is 0 Å². The monoisotopic (exact) mass is 434 g/mol. The maximum absolute atomic E-state index is 12.8. The fourth-order valence-electron chi connectivity index (χ4n) is 3.18. The molecule has 160 valence electrons. The second kappa shape index (κ2) is 9.20. The number of nitro benzene ring substituents is 1. The molecule has 0 radical (unpaired) electrons. The van der Waals surface area contributed by atoms with Crippen molar-refractivity contribution in [3.8, 4) is 5.75 Å². The van der Waals surface area contributed by atoms with E-state index in [0.29, 0.717) is 24.5 Å². The molecule has 0 aromatic heterocycles. The van der Waals surface area contributed by atoms with Gasteiger partial charge < -0.3 is 10.1 Å². The number of para-hydroxylation sites is 2. The van der Waals surface area contributed by atoms with Crippen molar-refractivity contribution in [1.29, 1.82) is 0 Å². The third-order valence-electron chi connectivity index (χ3n) is 4.75. The Morgan fingerprint density at radius 3 is 2.50 bits per heavy atom. The van der Waals surface area contributed by atoms with Gasteiger partial charge in [-0.2, -0.15) is 4.31 Å². The summed E-state index contributed by atoms with van der Waals surface area (Å²) in [5.74, 6) is 0.327. The average molecular weight is 434 g/mol. The lowest BCUT2D eigenvalue weighted by atomic mass is 10.3. The van der Waals surface area contributed by atoms with Crippen LogP contribution < -0.4 is 10.1 Å². The van der Waals surface area contributed by atoms with Crippen molar-refractivity contribution in [2.24, 2.45) is 0 Å². The number of anilines is 1. The molecule has 1 amide bonds. The van der Waals surface area contributed by atoms with Gasteiger partial charge in [-0.05, 0) is 18.2 Å². The van der Waals surface area contributed by atoms with Gasteiger partial charge in [0.1, 0.15) is 5.75 Å². The Labute approximate surface area is 174 Å². The van der Waals surface area contributed by atoms with Gasteiger partial charge in [-0.15, -0.1) is 0 Å². The Morgan fingerprint density at radius 2 is 1.83 bits per heavy atom. The van der Waals surface area contributed by atoms with Gasteiger partial charge in [0.2, 0.25) is 15.9 Å². The Kier molecular flexibility index (Phi) is 6.65. The molecule has 30 heavy (non-hydrogen) atoms. The van der Waals surface area contributed by atoms with E-state index in [1.165, 1.54) is 29.6 Å². The summed E-state index contributed by atoms with van der Waals surface area (Å²) in [6.45, 7) is 1.23. The van der Waals surface area contributed by atoms with Gasteiger partial charge in [-0.3, -0.25) is 19.8 Å². The molecule has 1 aliphatic rings. The molecule has 0 saturated carbocycles. The number of non-ortho nitro benzene ring substituents is 1. The first-order valence-electron chi connectivity index (χ1n) is 9.21. The summed E-state index contributed by atoms with van der Waals surface area (Å²) in [4.78, 5) is 24.4. The summed E-state index contributed by atoms with van der Waals surface area (Å²) in [7, 11) is -2.32. The SMILES string of the molecule is COc1ccccc1NC(=O)CN1CCN(S(=O)(=O)c2cccc([N+](=O)[O-])c2)CC1. The number of benzene rings is 2. The van der Waals surface area contributed by atoms with Gasteiger partial charge in [0.25, 0.3) is 5.69 Å². The molecule has 0 aliphatic carbocycles. The van der Waals surface area contributed by atoms with Crippen LogP contribution in [-0.2, 0) is 14.8 Å². The van der Waals surface area contributed by atoms with Gasteiger partial charge in [-0.25, -0.2) is 8.42 Å². The van der Waals surface area contributed by atoms with Crippen LogP contribution in [0.5, 0.6) is 5.75 Å². The maximum Gasteiger partial charge on any atom is 0.270 e. The molecule has 1 N–H and O–H groups in total. The molecule has 10 nitrogen and oxygen atoms in total. The number of carbonyl (C=O) groups is 1. The molecule has 1 fully saturated rings. The van der Waals surface area contributed by atoms with Crippen LogP contribution in [0.25, 0.3) is 0 Å². The lowest BCUT2D eigenvalue weighted by Gasteiger charge is -2.33. The Balaban J connectivity index is 1.58. The van der Waals surface area contributed by atoms with E-state index in [-0.39, 0.29) is 36.1 Å². The predicted molar refractivity (Wildman–Crippen MR) is 110 cm³/mol. The number of nitrogens with zero attached hydrogens (tertiary/aromatic N) is 3. The molecule has 1 heterocycles. The van der Waals surface area contributed by atoms with Crippen LogP contribution in [0.3, 0.4) is 0 Å². The van der Waals surface area contributed by atoms with Gasteiger partial charge >= 0.3 is 0 Å². The zero-order valence-corrected chi connectivity index (χ0v) is 17.2. The van der Waals surface area contributed by atoms with Crippen LogP contribution in [0, 0.1) is 10.1 Å². The van der Waals surface area contributed by atoms with Crippen LogP contribution in [-0.4, -0.2) is 68.3 Å². The third-order valence-corrected chi connectivity index (χ3v) is 6.64. The molecule has 2 aromatic carbocycles. The number of rotatable bonds is 7. The minimum absolute atomic E-state index is 0.112. The van der Waals surface area contributed by atoms with E-state index in [4.69, 9.17) is 4.74 Å². The van der Waals surface area contributed by atoms with E-state index in [2.05, 4.69) is 5.32 Å². The van der Waals surface area contributed by atoms with E-state index >= 15 is 0 Å². The number of hydrogen-bond acceptors (Lipinski definition) is 7. The maximum atomic E-state index is 12.8. The summed E-state index contributed by atoms with van der Waals surface area (Å²) in [5, 5.41) is 13.7. The van der Waals surface area contributed by atoms with Crippen molar-refractivity contribution in [1.82, 2.24) is 9.21 Å². The van der Waals surface area contributed by atoms with Crippen LogP contribution in [0.4, 0.5) is 11.4 Å². The van der Waals surface area contributed by atoms with Crippen molar-refractivity contribution in [3.05, 3.63) is 58.6 Å². The third kappa shape index (κ3) is 4.93. The quantitative estimate of drug-likeness (QED) is 0.518. The number of methoxy groups -OCH3 is 1. The first-order chi connectivity index (χ1) is 14.3. The molecule has 11 heteroatoms. The molecule has 2 aromatic rings. The number of amides is 1. The number of nitrogens with one attached hydrogen (secondary N) is 1. The minimum atomic E-state index is -3.84. The fourth-order valence-corrected chi connectivity index (χ4v) is 4.64. The summed E-state index contributed by atoms with van der Waals surface area (Å²) in [5.41, 5.74) is 0.291. The number of nitro groups is 1. The highest BCUT2D eigenvalue weighted by Crippen LogP contribution is 2.24. The van der Waals surface area contributed by atoms with E-state index in [0.717, 1.165) is 6.07 Å². The van der Waals surface area contributed by atoms with Gasteiger partial charge in [0, 0.05) is 38.3 Å². The minimum Gasteiger partial charge on any atom is -0.495 e. The van der Waals surface area contributed by atoms with E-state index in [1.54, 1.807) is 24.3 Å². The van der Waals surface area contributed by atoms with E-state index in [9.17, 15) is 23.3 Å². The summed E-state index contributed by atoms with van der Waals surface area (Å²) in [6, 6.07) is 12.1. The van der Waals surface area contributed by atoms with Crippen molar-refractivity contribution in [2.45, 2.75) is 4.90 Å². The highest BCUT2D eigenvalue weighted by Gasteiger charge is 2.30. The predicted octanol–water partition coefficient (Wildman–Crippen LogP) is 1.55. The summed E-state index contributed by atoms with van der Waals surface area (Å²) < 4.78 is 32.1. The lowest BCUT2D eigenvalue weighted by molar-refractivity contribution is -0.385. The average Bonchev–Trinajstić information content (AvgIpc) is 2.74. The number of carbonyl (C=O) groups excluding carboxylic acids is 1. The highest BCUT2D eigenvalue weighted by molar-refractivity contribution is 7.89. The number of piperazine rings is 1. The lowest BCUT2D eigenvalue weighted by Crippen LogP contribution is -2.50.